The summed E-state index contributed by atoms with van der Waals surface area (Å²) in [6.45, 7) is 5.76. The molecule has 0 radical (unpaired) electrons. The molecule has 0 aromatic carbocycles. The summed E-state index contributed by atoms with van der Waals surface area (Å²) >= 11 is 0. The van der Waals surface area contributed by atoms with E-state index in [4.69, 9.17) is 0 Å². The molecule has 0 aromatic rings. The number of hydrogen-bond donors (Lipinski definition) is 1. The van der Waals surface area contributed by atoms with Crippen LogP contribution in [0.2, 0.25) is 25.2 Å². The first-order chi connectivity index (χ1) is 5.25. The van der Waals surface area contributed by atoms with Gasteiger partial charge in [-0.25, -0.2) is 0 Å². The Morgan fingerprint density at radius 3 is 2.33 bits per heavy atom. The summed E-state index contributed by atoms with van der Waals surface area (Å²) in [6, 6.07) is 0.512. The van der Waals surface area contributed by atoms with Gasteiger partial charge in [0.1, 0.15) is 5.60 Å². The first-order valence-corrected chi connectivity index (χ1v) is 7.52. The maximum atomic E-state index is 10.6. The van der Waals surface area contributed by atoms with Gasteiger partial charge in [0.2, 0.25) is 6.04 Å². The van der Waals surface area contributed by atoms with Crippen LogP contribution in [0.25, 0.3) is 0 Å². The minimum absolute atomic E-state index is 0.332. The van der Waals surface area contributed by atoms with Crippen LogP contribution in [0.1, 0.15) is 6.92 Å². The molecule has 1 saturated heterocycles. The van der Waals surface area contributed by atoms with Crippen LogP contribution in [0.5, 0.6) is 0 Å². The lowest BCUT2D eigenvalue weighted by molar-refractivity contribution is -0.536. The zero-order valence-corrected chi connectivity index (χ0v) is 8.70. The summed E-state index contributed by atoms with van der Waals surface area (Å²) in [5.74, 6) is 0. The number of nitro groups is 1. The van der Waals surface area contributed by atoms with E-state index in [0.29, 0.717) is 12.1 Å². The maximum Gasteiger partial charge on any atom is 0.238 e. The highest BCUT2D eigenvalue weighted by Gasteiger charge is 2.54. The molecule has 1 aliphatic heterocycles. The monoisotopic (exact) mass is 189 g/mol. The molecule has 5 heteroatoms. The average Bonchev–Trinajstić information content (AvgIpc) is 1.99. The predicted molar refractivity (Wildman–Crippen MR) is 48.5 cm³/mol. The molecule has 0 aliphatic carbocycles. The van der Waals surface area contributed by atoms with E-state index in [1.165, 1.54) is 0 Å². The Morgan fingerprint density at radius 1 is 1.67 bits per heavy atom. The van der Waals surface area contributed by atoms with Gasteiger partial charge in [0.25, 0.3) is 0 Å². The summed E-state index contributed by atoms with van der Waals surface area (Å²) < 4.78 is 0. The van der Waals surface area contributed by atoms with Crippen molar-refractivity contribution in [3.63, 3.8) is 0 Å². The molecule has 1 aliphatic rings. The highest BCUT2D eigenvalue weighted by molar-refractivity contribution is 6.78. The lowest BCUT2D eigenvalue weighted by Crippen LogP contribution is -2.38. The Kier molecular flexibility index (Phi) is 2.04. The van der Waals surface area contributed by atoms with Gasteiger partial charge in [-0.2, -0.15) is 0 Å². The fraction of sp³-hybridized carbons (Fsp3) is 1.00. The summed E-state index contributed by atoms with van der Waals surface area (Å²) in [5, 5.41) is 20.3. The highest BCUT2D eigenvalue weighted by atomic mass is 28.3. The topological polar surface area (TPSA) is 63.4 Å². The third kappa shape index (κ3) is 1.66. The quantitative estimate of drug-likeness (QED) is 0.382. The minimum atomic E-state index is -1.49. The molecule has 0 unspecified atom stereocenters. The van der Waals surface area contributed by atoms with Crippen molar-refractivity contribution in [2.24, 2.45) is 0 Å². The van der Waals surface area contributed by atoms with Gasteiger partial charge >= 0.3 is 0 Å². The van der Waals surface area contributed by atoms with Gasteiger partial charge in [-0.1, -0.05) is 13.1 Å². The van der Waals surface area contributed by atoms with Crippen LogP contribution in [0.15, 0.2) is 0 Å². The molecule has 0 bridgehead atoms. The van der Waals surface area contributed by atoms with E-state index in [-0.39, 0.29) is 4.92 Å². The third-order valence-corrected chi connectivity index (χ3v) is 5.72. The fourth-order valence-corrected chi connectivity index (χ4v) is 6.16. The van der Waals surface area contributed by atoms with Crippen LogP contribution in [0.3, 0.4) is 0 Å². The van der Waals surface area contributed by atoms with Gasteiger partial charge in [0.05, 0.1) is 8.07 Å². The van der Waals surface area contributed by atoms with Crippen LogP contribution >= 0.6 is 0 Å². The second-order valence-electron chi connectivity index (χ2n) is 4.70. The molecular weight excluding hydrogens is 174 g/mol. The summed E-state index contributed by atoms with van der Waals surface area (Å²) in [7, 11) is -1.49. The number of hydrogen-bond acceptors (Lipinski definition) is 3. The van der Waals surface area contributed by atoms with Crippen LogP contribution < -0.4 is 0 Å². The van der Waals surface area contributed by atoms with E-state index in [2.05, 4.69) is 13.1 Å². The Hall–Kier alpha value is -0.423. The van der Waals surface area contributed by atoms with E-state index < -0.39 is 19.7 Å². The Bertz CT molecular complexity index is 215. The number of rotatable bonds is 1. The summed E-state index contributed by atoms with van der Waals surface area (Å²) in [4.78, 5) is 10.2. The molecule has 2 atom stereocenters. The van der Waals surface area contributed by atoms with Gasteiger partial charge in [0, 0.05) is 11.0 Å². The molecule has 0 saturated carbocycles. The summed E-state index contributed by atoms with van der Waals surface area (Å²) in [5.41, 5.74) is -1.07. The second-order valence-corrected chi connectivity index (χ2v) is 9.79. The Labute approximate surface area is 72.8 Å². The predicted octanol–water partition coefficient (Wildman–Crippen LogP) is 1.10. The maximum absolute atomic E-state index is 10.6. The van der Waals surface area contributed by atoms with E-state index in [1.807, 2.05) is 0 Å². The van der Waals surface area contributed by atoms with Crippen molar-refractivity contribution >= 4 is 8.07 Å². The van der Waals surface area contributed by atoms with Crippen LogP contribution in [0.4, 0.5) is 0 Å². The number of nitrogens with zero attached hydrogens (tertiary/aromatic N) is 1. The second kappa shape index (κ2) is 2.53. The smallest absolute Gasteiger partial charge is 0.238 e. The molecule has 12 heavy (non-hydrogen) atoms. The van der Waals surface area contributed by atoms with Crippen molar-refractivity contribution < 1.29 is 10.0 Å². The molecular formula is C7H15NO3Si. The molecule has 1 heterocycles. The van der Waals surface area contributed by atoms with Crippen molar-refractivity contribution in [2.75, 3.05) is 0 Å². The van der Waals surface area contributed by atoms with Gasteiger partial charge in [-0.05, 0) is 13.0 Å². The molecule has 1 rings (SSSR count). The van der Waals surface area contributed by atoms with Gasteiger partial charge in [-0.15, -0.1) is 0 Å². The van der Waals surface area contributed by atoms with E-state index in [0.717, 1.165) is 0 Å². The largest absolute Gasteiger partial charge is 0.383 e. The molecule has 0 amide bonds. The van der Waals surface area contributed by atoms with Gasteiger partial charge in [0.15, 0.2) is 0 Å². The average molecular weight is 189 g/mol. The molecule has 1 N–H and O–H groups in total. The molecule has 1 fully saturated rings. The molecule has 0 aromatic heterocycles. The van der Waals surface area contributed by atoms with Gasteiger partial charge < -0.3 is 5.11 Å². The van der Waals surface area contributed by atoms with E-state index in [9.17, 15) is 15.2 Å². The lowest BCUT2D eigenvalue weighted by Gasteiger charge is -2.19. The SMILES string of the molecule is C[C@]1(O)C[Si](C)(C)C[C@@H]1[N+](=O)[O-]. The van der Waals surface area contributed by atoms with E-state index in [1.54, 1.807) is 6.92 Å². The zero-order valence-electron chi connectivity index (χ0n) is 7.70. The fourth-order valence-electron chi connectivity index (χ4n) is 2.20. The van der Waals surface area contributed by atoms with Crippen LogP contribution in [0, 0.1) is 10.1 Å². The Morgan fingerprint density at radius 2 is 2.17 bits per heavy atom. The normalized spacial score (nSPS) is 39.8. The standard InChI is InChI=1S/C7H15NO3Si/c1-7(9)5-12(2,3)4-6(7)8(10)11/h6,9H,4-5H2,1-3H3/t6-,7-/m0/s1. The van der Waals surface area contributed by atoms with Crippen molar-refractivity contribution in [3.05, 3.63) is 10.1 Å². The van der Waals surface area contributed by atoms with Crippen molar-refractivity contribution in [2.45, 2.75) is 43.7 Å². The summed E-state index contributed by atoms with van der Waals surface area (Å²) in [6.07, 6.45) is 0. The Balaban J connectivity index is 2.85. The van der Waals surface area contributed by atoms with Crippen LogP contribution in [-0.2, 0) is 0 Å². The van der Waals surface area contributed by atoms with Crippen molar-refractivity contribution in [3.8, 4) is 0 Å². The molecule has 70 valence electrons. The lowest BCUT2D eigenvalue weighted by atomic mass is 10.0. The van der Waals surface area contributed by atoms with Gasteiger partial charge in [-0.3, -0.25) is 10.1 Å². The highest BCUT2D eigenvalue weighted by Crippen LogP contribution is 2.39. The first kappa shape index (κ1) is 9.66. The van der Waals surface area contributed by atoms with E-state index >= 15 is 0 Å². The van der Waals surface area contributed by atoms with Crippen LogP contribution in [-0.4, -0.2) is 29.7 Å². The minimum Gasteiger partial charge on any atom is -0.383 e. The first-order valence-electron chi connectivity index (χ1n) is 4.10. The number of aliphatic hydroxyl groups is 1. The van der Waals surface area contributed by atoms with Crippen molar-refractivity contribution in [1.29, 1.82) is 0 Å². The molecule has 4 nitrogen and oxygen atoms in total. The van der Waals surface area contributed by atoms with Crippen molar-refractivity contribution in [1.82, 2.24) is 0 Å². The molecule has 0 spiro atoms. The zero-order chi connectivity index (χ0) is 9.57. The third-order valence-electron chi connectivity index (χ3n) is 2.55.